The fourth-order valence-corrected chi connectivity index (χ4v) is 6.84. The molecule has 10 heteroatoms. The van der Waals surface area contributed by atoms with Gasteiger partial charge < -0.3 is 19.7 Å². The Morgan fingerprint density at radius 2 is 1.81 bits per heavy atom. The molecule has 2 unspecified atom stereocenters. The number of halogens is 1. The van der Waals surface area contributed by atoms with E-state index in [-0.39, 0.29) is 34.1 Å². The lowest BCUT2D eigenvalue weighted by atomic mass is 10.1. The standard InChI is InChI=1S/C27H34FN3O5S/c1-2-3-12-36-20-5-7-21(8-6-20)37(33,34)31-17-23-22(24(23)18-31)16-29-27(32)19-4-9-26(25(28)15-19)30-10-13-35-14-11-30/h4-9,15,22-24H,2-3,10-14,16-18H2,1H3,(H,29,32). The third-order valence-corrected chi connectivity index (χ3v) is 9.47. The molecular weight excluding hydrogens is 497 g/mol. The molecule has 1 N–H and O–H groups in total. The molecule has 2 aromatic rings. The predicted molar refractivity (Wildman–Crippen MR) is 138 cm³/mol. The summed E-state index contributed by atoms with van der Waals surface area (Å²) < 4.78 is 53.3. The number of amides is 1. The van der Waals surface area contributed by atoms with Gasteiger partial charge in [-0.15, -0.1) is 0 Å². The fraction of sp³-hybridized carbons (Fsp3) is 0.519. The van der Waals surface area contributed by atoms with Gasteiger partial charge in [0, 0.05) is 38.3 Å². The van der Waals surface area contributed by atoms with Crippen molar-refractivity contribution >= 4 is 21.6 Å². The number of anilines is 1. The summed E-state index contributed by atoms with van der Waals surface area (Å²) in [5.41, 5.74) is 0.767. The predicted octanol–water partition coefficient (Wildman–Crippen LogP) is 3.14. The van der Waals surface area contributed by atoms with E-state index in [9.17, 15) is 17.6 Å². The lowest BCUT2D eigenvalue weighted by Gasteiger charge is -2.29. The lowest BCUT2D eigenvalue weighted by molar-refractivity contribution is 0.0949. The first-order valence-corrected chi connectivity index (χ1v) is 14.5. The number of piperidine rings is 1. The van der Waals surface area contributed by atoms with Gasteiger partial charge in [0.2, 0.25) is 10.0 Å². The summed E-state index contributed by atoms with van der Waals surface area (Å²) in [6.45, 7) is 6.43. The molecular formula is C27H34FN3O5S. The maximum absolute atomic E-state index is 14.6. The number of benzene rings is 2. The van der Waals surface area contributed by atoms with Gasteiger partial charge in [-0.25, -0.2) is 12.8 Å². The molecule has 0 radical (unpaired) electrons. The Labute approximate surface area is 217 Å². The Morgan fingerprint density at radius 3 is 2.46 bits per heavy atom. The van der Waals surface area contributed by atoms with E-state index in [1.807, 2.05) is 4.90 Å². The molecule has 0 bridgehead atoms. The average molecular weight is 532 g/mol. The molecule has 2 saturated heterocycles. The van der Waals surface area contributed by atoms with Crippen LogP contribution in [0.5, 0.6) is 5.75 Å². The van der Waals surface area contributed by atoms with Crippen LogP contribution >= 0.6 is 0 Å². The molecule has 0 aromatic heterocycles. The SMILES string of the molecule is CCCCOc1ccc(S(=O)(=O)N2CC3C(CNC(=O)c4ccc(N5CCOCC5)c(F)c4)C3C2)cc1. The van der Waals surface area contributed by atoms with Crippen molar-refractivity contribution in [3.8, 4) is 5.75 Å². The first kappa shape index (κ1) is 25.9. The normalized spacial score (nSPS) is 23.5. The van der Waals surface area contributed by atoms with Crippen LogP contribution in [0, 0.1) is 23.6 Å². The summed E-state index contributed by atoms with van der Waals surface area (Å²) in [7, 11) is -3.56. The highest BCUT2D eigenvalue weighted by Gasteiger charge is 2.57. The molecule has 200 valence electrons. The highest BCUT2D eigenvalue weighted by molar-refractivity contribution is 7.89. The molecule has 2 aliphatic heterocycles. The van der Waals surface area contributed by atoms with E-state index >= 15 is 0 Å². The minimum atomic E-state index is -3.56. The molecule has 1 amide bonds. The Morgan fingerprint density at radius 1 is 1.11 bits per heavy atom. The highest BCUT2D eigenvalue weighted by atomic mass is 32.2. The van der Waals surface area contributed by atoms with Gasteiger partial charge >= 0.3 is 0 Å². The van der Waals surface area contributed by atoms with Crippen LogP contribution in [0.3, 0.4) is 0 Å². The lowest BCUT2D eigenvalue weighted by Crippen LogP contribution is -2.37. The number of rotatable bonds is 10. The molecule has 5 rings (SSSR count). The van der Waals surface area contributed by atoms with Crippen molar-refractivity contribution in [1.82, 2.24) is 9.62 Å². The summed E-state index contributed by atoms with van der Waals surface area (Å²) >= 11 is 0. The van der Waals surface area contributed by atoms with E-state index in [1.165, 1.54) is 10.4 Å². The minimum absolute atomic E-state index is 0.229. The van der Waals surface area contributed by atoms with Crippen molar-refractivity contribution in [2.45, 2.75) is 24.7 Å². The van der Waals surface area contributed by atoms with Crippen LogP contribution in [0.1, 0.15) is 30.1 Å². The zero-order valence-corrected chi connectivity index (χ0v) is 21.9. The molecule has 37 heavy (non-hydrogen) atoms. The average Bonchev–Trinajstić information content (AvgIpc) is 3.35. The minimum Gasteiger partial charge on any atom is -0.494 e. The van der Waals surface area contributed by atoms with Crippen LogP contribution in [-0.2, 0) is 14.8 Å². The van der Waals surface area contributed by atoms with Crippen molar-refractivity contribution in [3.63, 3.8) is 0 Å². The van der Waals surface area contributed by atoms with Gasteiger partial charge in [-0.2, -0.15) is 4.31 Å². The smallest absolute Gasteiger partial charge is 0.251 e. The third-order valence-electron chi connectivity index (χ3n) is 7.63. The number of morpholine rings is 1. The number of nitrogens with one attached hydrogen (secondary N) is 1. The van der Waals surface area contributed by atoms with Crippen LogP contribution in [0.4, 0.5) is 10.1 Å². The maximum Gasteiger partial charge on any atom is 0.251 e. The Kier molecular flexibility index (Phi) is 7.69. The zero-order chi connectivity index (χ0) is 26.0. The van der Waals surface area contributed by atoms with Crippen LogP contribution in [-0.4, -0.2) is 71.2 Å². The second-order valence-electron chi connectivity index (χ2n) is 9.96. The number of carbonyl (C=O) groups excluding carboxylic acids is 1. The van der Waals surface area contributed by atoms with E-state index in [4.69, 9.17) is 9.47 Å². The first-order valence-electron chi connectivity index (χ1n) is 13.0. The number of hydrogen-bond donors (Lipinski definition) is 1. The molecule has 1 saturated carbocycles. The second kappa shape index (κ2) is 11.0. The molecule has 8 nitrogen and oxygen atoms in total. The van der Waals surface area contributed by atoms with Crippen molar-refractivity contribution in [1.29, 1.82) is 0 Å². The van der Waals surface area contributed by atoms with Crippen molar-refractivity contribution < 1.29 is 27.1 Å². The number of nitrogens with zero attached hydrogens (tertiary/aromatic N) is 2. The zero-order valence-electron chi connectivity index (χ0n) is 21.1. The van der Waals surface area contributed by atoms with Crippen LogP contribution in [0.15, 0.2) is 47.4 Å². The summed E-state index contributed by atoms with van der Waals surface area (Å²) in [6.07, 6.45) is 1.99. The topological polar surface area (TPSA) is 88.2 Å². The number of unbranched alkanes of at least 4 members (excludes halogenated alkanes) is 1. The van der Waals surface area contributed by atoms with Gasteiger partial charge in [0.1, 0.15) is 11.6 Å². The van der Waals surface area contributed by atoms with Gasteiger partial charge in [-0.1, -0.05) is 13.3 Å². The molecule has 3 aliphatic rings. The van der Waals surface area contributed by atoms with E-state index < -0.39 is 15.8 Å². The van der Waals surface area contributed by atoms with E-state index in [0.29, 0.717) is 64.0 Å². The fourth-order valence-electron chi connectivity index (χ4n) is 5.32. The number of sulfonamides is 1. The van der Waals surface area contributed by atoms with Crippen molar-refractivity contribution in [2.75, 3.05) is 57.4 Å². The molecule has 0 spiro atoms. The van der Waals surface area contributed by atoms with Crippen LogP contribution < -0.4 is 15.0 Å². The number of fused-ring (bicyclic) bond motifs is 1. The Balaban J connectivity index is 1.10. The van der Waals surface area contributed by atoms with Crippen LogP contribution in [0.25, 0.3) is 0 Å². The molecule has 2 atom stereocenters. The van der Waals surface area contributed by atoms with Gasteiger partial charge in [0.25, 0.3) is 5.91 Å². The number of carbonyl (C=O) groups is 1. The summed E-state index contributed by atoms with van der Waals surface area (Å²) in [5, 5.41) is 2.91. The van der Waals surface area contributed by atoms with Gasteiger partial charge in [0.15, 0.2) is 0 Å². The molecule has 2 heterocycles. The first-order chi connectivity index (χ1) is 17.9. The second-order valence-corrected chi connectivity index (χ2v) is 11.9. The monoisotopic (exact) mass is 531 g/mol. The Hall–Kier alpha value is -2.69. The molecule has 1 aliphatic carbocycles. The van der Waals surface area contributed by atoms with Gasteiger partial charge in [-0.3, -0.25) is 4.79 Å². The van der Waals surface area contributed by atoms with Gasteiger partial charge in [-0.05, 0) is 66.6 Å². The maximum atomic E-state index is 14.6. The van der Waals surface area contributed by atoms with Crippen molar-refractivity contribution in [2.24, 2.45) is 17.8 Å². The summed E-state index contributed by atoms with van der Waals surface area (Å²) in [4.78, 5) is 14.8. The quantitative estimate of drug-likeness (QED) is 0.474. The van der Waals surface area contributed by atoms with Gasteiger partial charge in [0.05, 0.1) is 30.4 Å². The third kappa shape index (κ3) is 5.61. The van der Waals surface area contributed by atoms with E-state index in [2.05, 4.69) is 12.2 Å². The number of ether oxygens (including phenoxy) is 2. The molecule has 2 aromatic carbocycles. The summed E-state index contributed by atoms with van der Waals surface area (Å²) in [5.74, 6) is 0.631. The van der Waals surface area contributed by atoms with Crippen molar-refractivity contribution in [3.05, 3.63) is 53.8 Å². The molecule has 3 fully saturated rings. The summed E-state index contributed by atoms with van der Waals surface area (Å²) in [6, 6.07) is 11.2. The largest absolute Gasteiger partial charge is 0.494 e. The van der Waals surface area contributed by atoms with E-state index in [0.717, 1.165) is 12.8 Å². The Bertz CT molecular complexity index is 1210. The van der Waals surface area contributed by atoms with E-state index in [1.54, 1.807) is 36.4 Å². The highest BCUT2D eigenvalue weighted by Crippen LogP contribution is 2.52. The number of hydrogen-bond acceptors (Lipinski definition) is 6. The van der Waals surface area contributed by atoms with Crippen LogP contribution in [0.2, 0.25) is 0 Å².